The van der Waals surface area contributed by atoms with Crippen molar-refractivity contribution in [3.8, 4) is 33.6 Å². The average molecular weight is 1000 g/mol. The summed E-state index contributed by atoms with van der Waals surface area (Å²) >= 11 is 8.02. The first-order chi connectivity index (χ1) is 34.3. The summed E-state index contributed by atoms with van der Waals surface area (Å²) in [4.78, 5) is 43.6. The normalized spacial score (nSPS) is 16.8. The molecule has 3 N–H and O–H groups in total. The fourth-order valence-corrected chi connectivity index (χ4v) is 11.5. The minimum atomic E-state index is -0.484. The van der Waals surface area contributed by atoms with Crippen LogP contribution in [0.4, 0.5) is 0 Å². The van der Waals surface area contributed by atoms with E-state index in [1.165, 1.54) is 16.5 Å². The Bertz CT molecular complexity index is 2890. The van der Waals surface area contributed by atoms with E-state index >= 15 is 0 Å². The number of rotatable bonds is 16. The number of likely N-dealkylation sites (tertiary alicyclic amines) is 1. The van der Waals surface area contributed by atoms with E-state index in [2.05, 4.69) is 84.8 Å². The lowest BCUT2D eigenvalue weighted by Gasteiger charge is -2.39. The number of aromatic nitrogens is 6. The van der Waals surface area contributed by atoms with E-state index in [-0.39, 0.29) is 35.6 Å². The molecule has 0 aliphatic carbocycles. The number of carbonyl (C=O) groups excluding carboxylic acids is 2. The summed E-state index contributed by atoms with van der Waals surface area (Å²) < 4.78 is 3.79. The molecule has 3 aromatic heterocycles. The number of thiophene rings is 1. The van der Waals surface area contributed by atoms with Crippen molar-refractivity contribution in [3.63, 3.8) is 0 Å². The number of aryl methyl sites for hydroxylation is 3. The van der Waals surface area contributed by atoms with Crippen LogP contribution in [0.25, 0.3) is 22.1 Å². The summed E-state index contributed by atoms with van der Waals surface area (Å²) in [6.07, 6.45) is 2.70. The van der Waals surface area contributed by atoms with Gasteiger partial charge in [-0.1, -0.05) is 56.6 Å². The van der Waals surface area contributed by atoms with Crippen LogP contribution in [0.2, 0.25) is 5.02 Å². The van der Waals surface area contributed by atoms with Gasteiger partial charge in [-0.05, 0) is 106 Å². The molecule has 18 heteroatoms. The SMILES string of the molecule is CCc1cc(-c2nnc(C(=O)NCCN(CC)CC)n2-c2ccc(CN3CCN(CC4CCN(C(=O)C[C@@H]5N=C(c6ccc(Cl)cc6)c6c(sc(C)c6C)-n6c(C)nnc65)CC4)CC3)cc2)c(O)cc1O. The Kier molecular flexibility index (Phi) is 15.3. The molecule has 0 bridgehead atoms. The van der Waals surface area contributed by atoms with E-state index in [1.807, 2.05) is 55.1 Å². The van der Waals surface area contributed by atoms with E-state index in [4.69, 9.17) is 16.6 Å². The van der Waals surface area contributed by atoms with Crippen LogP contribution in [0, 0.1) is 26.7 Å². The Morgan fingerprint density at radius 2 is 1.54 bits per heavy atom. The largest absolute Gasteiger partial charge is 0.508 e. The Hall–Kier alpha value is -5.98. The van der Waals surface area contributed by atoms with Gasteiger partial charge < -0.3 is 30.2 Å². The van der Waals surface area contributed by atoms with Gasteiger partial charge in [-0.25, -0.2) is 0 Å². The number of hydrogen-bond donors (Lipinski definition) is 3. The predicted molar refractivity (Wildman–Crippen MR) is 279 cm³/mol. The third-order valence-electron chi connectivity index (χ3n) is 14.6. The zero-order valence-corrected chi connectivity index (χ0v) is 43.2. The molecule has 2 amide bonds. The fraction of sp³-hybridized carbons (Fsp3) is 0.453. The highest BCUT2D eigenvalue weighted by atomic mass is 35.5. The second kappa shape index (κ2) is 21.8. The summed E-state index contributed by atoms with van der Waals surface area (Å²) in [5.41, 5.74) is 6.90. The molecule has 3 aliphatic rings. The third kappa shape index (κ3) is 10.7. The van der Waals surface area contributed by atoms with Crippen LogP contribution >= 0.6 is 22.9 Å². The predicted octanol–water partition coefficient (Wildman–Crippen LogP) is 7.54. The van der Waals surface area contributed by atoms with Gasteiger partial charge in [-0.2, -0.15) is 0 Å². The number of likely N-dealkylation sites (N-methyl/N-ethyl adjacent to an activating group) is 1. The molecule has 0 saturated carbocycles. The third-order valence-corrected chi connectivity index (χ3v) is 16.0. The molecule has 16 nitrogen and oxygen atoms in total. The van der Waals surface area contributed by atoms with Crippen LogP contribution < -0.4 is 5.32 Å². The zero-order chi connectivity index (χ0) is 49.9. The molecule has 71 heavy (non-hydrogen) atoms. The van der Waals surface area contributed by atoms with E-state index in [0.29, 0.717) is 58.9 Å². The molecule has 0 spiro atoms. The van der Waals surface area contributed by atoms with Crippen molar-refractivity contribution in [3.05, 3.63) is 116 Å². The van der Waals surface area contributed by atoms with E-state index in [9.17, 15) is 19.8 Å². The van der Waals surface area contributed by atoms with Gasteiger partial charge in [0.1, 0.15) is 28.4 Å². The number of aromatic hydroxyl groups is 2. The van der Waals surface area contributed by atoms with Crippen molar-refractivity contribution in [1.29, 1.82) is 0 Å². The monoisotopic (exact) mass is 1000 g/mol. The fourth-order valence-electron chi connectivity index (χ4n) is 10.2. The molecule has 3 aliphatic heterocycles. The number of fused-ring (bicyclic) bond motifs is 3. The molecule has 1 atom stereocenters. The molecule has 0 unspecified atom stereocenters. The number of halogens is 1. The van der Waals surface area contributed by atoms with Crippen LogP contribution in [-0.2, 0) is 17.8 Å². The number of amides is 2. The number of carbonyl (C=O) groups is 2. The summed E-state index contributed by atoms with van der Waals surface area (Å²) in [6.45, 7) is 22.4. The summed E-state index contributed by atoms with van der Waals surface area (Å²) in [5, 5.41) is 44.0. The van der Waals surface area contributed by atoms with E-state index < -0.39 is 6.04 Å². The lowest BCUT2D eigenvalue weighted by molar-refractivity contribution is -0.133. The number of nitrogens with one attached hydrogen (secondary N) is 1. The molecule has 6 aromatic rings. The number of phenolic OH excluding ortho intramolecular Hbond substituents is 2. The van der Waals surface area contributed by atoms with Crippen molar-refractivity contribution in [2.45, 2.75) is 79.8 Å². The minimum absolute atomic E-state index is 0.00202. The maximum absolute atomic E-state index is 14.1. The molecule has 2 saturated heterocycles. The Balaban J connectivity index is 0.802. The molecular weight excluding hydrogens is 936 g/mol. The maximum atomic E-state index is 14.1. The lowest BCUT2D eigenvalue weighted by Crippen LogP contribution is -2.48. The quantitative estimate of drug-likeness (QED) is 0.0875. The number of hydrogen-bond acceptors (Lipinski definition) is 13. The first-order valence-corrected chi connectivity index (χ1v) is 26.2. The van der Waals surface area contributed by atoms with Crippen LogP contribution in [0.15, 0.2) is 65.7 Å². The molecule has 3 aromatic carbocycles. The van der Waals surface area contributed by atoms with Crippen molar-refractivity contribution < 1.29 is 19.8 Å². The topological polar surface area (TPSA) is 173 Å². The Labute approximate surface area is 425 Å². The molecule has 9 rings (SSSR count). The first-order valence-electron chi connectivity index (χ1n) is 25.0. The van der Waals surface area contributed by atoms with Crippen LogP contribution in [0.1, 0.15) is 101 Å². The van der Waals surface area contributed by atoms with Crippen LogP contribution in [0.3, 0.4) is 0 Å². The number of nitrogens with zero attached hydrogens (tertiary/aromatic N) is 11. The number of aliphatic imine (C=N–C) groups is 1. The van der Waals surface area contributed by atoms with Crippen molar-refractivity contribution >= 4 is 40.5 Å². The van der Waals surface area contributed by atoms with Gasteiger partial charge >= 0.3 is 0 Å². The van der Waals surface area contributed by atoms with Crippen molar-refractivity contribution in [1.82, 2.24) is 54.4 Å². The van der Waals surface area contributed by atoms with Crippen LogP contribution in [0.5, 0.6) is 11.5 Å². The summed E-state index contributed by atoms with van der Waals surface area (Å²) in [6, 6.07) is 18.4. The van der Waals surface area contributed by atoms with Crippen molar-refractivity contribution in [2.24, 2.45) is 10.9 Å². The highest BCUT2D eigenvalue weighted by Crippen LogP contribution is 2.40. The van der Waals surface area contributed by atoms with Gasteiger partial charge in [0, 0.05) is 98.2 Å². The summed E-state index contributed by atoms with van der Waals surface area (Å²) in [7, 11) is 0. The van der Waals surface area contributed by atoms with Crippen LogP contribution in [-0.4, -0.2) is 149 Å². The van der Waals surface area contributed by atoms with Gasteiger partial charge in [0.25, 0.3) is 5.91 Å². The molecule has 6 heterocycles. The average Bonchev–Trinajstić information content (AvgIpc) is 4.04. The standard InChI is InChI=1S/C53H65ClN12O4S/c1-7-38-28-42(45(68)30-44(38)67)49-58-60-51(52(70)55-20-23-61(8-2)9-3)66(49)41-16-10-36(11-17-41)31-62-24-26-63(27-25-62)32-37-18-21-64(22-19-37)46(69)29-43-50-59-57-35(6)65(50)53-47(33(4)34(5)71-53)48(56-43)39-12-14-40(54)15-13-39/h10-17,28,30,37,43,67-68H,7-9,18-27,29,31-32H2,1-6H3,(H,55,70)/t43-/m0/s1. The molecular formula is C53H65ClN12O4S. The van der Waals surface area contributed by atoms with Gasteiger partial charge in [0.05, 0.1) is 17.7 Å². The second-order valence-corrected chi connectivity index (χ2v) is 20.6. The summed E-state index contributed by atoms with van der Waals surface area (Å²) in [5.74, 6) is 2.01. The van der Waals surface area contributed by atoms with Gasteiger partial charge in [-0.15, -0.1) is 31.7 Å². The maximum Gasteiger partial charge on any atom is 0.289 e. The molecule has 374 valence electrons. The number of piperazine rings is 1. The lowest BCUT2D eigenvalue weighted by atomic mass is 9.95. The van der Waals surface area contributed by atoms with E-state index in [0.717, 1.165) is 112 Å². The number of phenols is 2. The highest BCUT2D eigenvalue weighted by molar-refractivity contribution is 7.15. The molecule has 0 radical (unpaired) electrons. The smallest absolute Gasteiger partial charge is 0.289 e. The minimum Gasteiger partial charge on any atom is -0.508 e. The Morgan fingerprint density at radius 3 is 2.23 bits per heavy atom. The van der Waals surface area contributed by atoms with E-state index in [1.54, 1.807) is 22.0 Å². The first kappa shape index (κ1) is 50.0. The Morgan fingerprint density at radius 1 is 0.831 bits per heavy atom. The van der Waals surface area contributed by atoms with Crippen molar-refractivity contribution in [2.75, 3.05) is 72.0 Å². The van der Waals surface area contributed by atoms with Gasteiger partial charge in [0.15, 0.2) is 11.6 Å². The second-order valence-electron chi connectivity index (χ2n) is 19.0. The van der Waals surface area contributed by atoms with Gasteiger partial charge in [0.2, 0.25) is 11.7 Å². The highest BCUT2D eigenvalue weighted by Gasteiger charge is 2.35. The zero-order valence-electron chi connectivity index (χ0n) is 41.7. The van der Waals surface area contributed by atoms with Gasteiger partial charge in [-0.3, -0.25) is 28.6 Å². The molecule has 2 fully saturated rings. The number of piperidine rings is 1. The number of benzene rings is 3.